The maximum absolute atomic E-state index is 11.6. The van der Waals surface area contributed by atoms with E-state index >= 15 is 0 Å². The Kier molecular flexibility index (Phi) is 5.84. The van der Waals surface area contributed by atoms with E-state index in [0.29, 0.717) is 12.5 Å². The van der Waals surface area contributed by atoms with Gasteiger partial charge in [-0.25, -0.2) is 0 Å². The topological polar surface area (TPSA) is 88.0 Å². The van der Waals surface area contributed by atoms with Crippen LogP contribution >= 0.6 is 15.9 Å². The number of carbonyl (C=O) groups excluding carboxylic acids is 1. The summed E-state index contributed by atoms with van der Waals surface area (Å²) in [5, 5.41) is 14.1. The first-order chi connectivity index (χ1) is 8.54. The second kappa shape index (κ2) is 7.15. The van der Waals surface area contributed by atoms with E-state index in [-0.39, 0.29) is 17.3 Å². The minimum atomic E-state index is -0.537. The molecule has 1 unspecified atom stereocenters. The van der Waals surface area contributed by atoms with Crippen molar-refractivity contribution >= 4 is 27.5 Å². The first-order valence-electron chi connectivity index (χ1n) is 5.71. The molecule has 0 aliphatic rings. The molecule has 6 nitrogen and oxygen atoms in total. The number of hydrogen-bond donors (Lipinski definition) is 2. The van der Waals surface area contributed by atoms with E-state index in [1.807, 2.05) is 0 Å². The second-order valence-corrected chi connectivity index (χ2v) is 4.83. The highest BCUT2D eigenvalue weighted by molar-refractivity contribution is 9.09. The van der Waals surface area contributed by atoms with E-state index in [4.69, 9.17) is 0 Å². The molecule has 1 aromatic rings. The van der Waals surface area contributed by atoms with Crippen molar-refractivity contribution in [2.75, 3.05) is 11.9 Å². The highest BCUT2D eigenvalue weighted by atomic mass is 79.9. The first kappa shape index (κ1) is 14.7. The van der Waals surface area contributed by atoms with E-state index < -0.39 is 4.92 Å². The van der Waals surface area contributed by atoms with Gasteiger partial charge in [-0.15, -0.1) is 0 Å². The summed E-state index contributed by atoms with van der Waals surface area (Å²) in [5.41, 5.74) is 0.114. The number of carbonyl (C=O) groups is 1. The lowest BCUT2D eigenvalue weighted by molar-refractivity contribution is -0.384. The third kappa shape index (κ3) is 4.48. The quantitative estimate of drug-likeness (QED) is 0.350. The van der Waals surface area contributed by atoms with Gasteiger partial charge < -0.3 is 10.3 Å². The molecule has 1 amide bonds. The molecule has 0 aliphatic heterocycles. The van der Waals surface area contributed by atoms with Crippen molar-refractivity contribution in [3.63, 3.8) is 0 Å². The van der Waals surface area contributed by atoms with Crippen molar-refractivity contribution in [2.24, 2.45) is 5.92 Å². The Labute approximate surface area is 113 Å². The maximum atomic E-state index is 11.6. The molecule has 0 fully saturated rings. The molecule has 0 aromatic carbocycles. The van der Waals surface area contributed by atoms with Gasteiger partial charge in [0.1, 0.15) is 5.69 Å². The van der Waals surface area contributed by atoms with E-state index in [0.717, 1.165) is 18.2 Å². The number of nitro groups is 1. The van der Waals surface area contributed by atoms with E-state index in [2.05, 4.69) is 33.2 Å². The third-order valence-corrected chi connectivity index (χ3v) is 3.65. The van der Waals surface area contributed by atoms with Crippen molar-refractivity contribution in [1.82, 2.24) is 10.3 Å². The number of hydrogen-bond acceptors (Lipinski definition) is 3. The summed E-state index contributed by atoms with van der Waals surface area (Å²) >= 11 is 3.39. The number of aromatic amines is 1. The number of aromatic nitrogens is 1. The van der Waals surface area contributed by atoms with Crippen LogP contribution in [0.2, 0.25) is 0 Å². The predicted octanol–water partition coefficient (Wildman–Crippen LogP) is 2.46. The third-order valence-electron chi connectivity index (χ3n) is 2.55. The molecule has 18 heavy (non-hydrogen) atoms. The molecule has 7 heteroatoms. The zero-order chi connectivity index (χ0) is 13.5. The fourth-order valence-corrected chi connectivity index (χ4v) is 1.77. The Balaban J connectivity index is 2.34. The van der Waals surface area contributed by atoms with Gasteiger partial charge in [0.25, 0.3) is 11.6 Å². The molecule has 0 radical (unpaired) electrons. The van der Waals surface area contributed by atoms with Crippen LogP contribution in [0.3, 0.4) is 0 Å². The number of rotatable bonds is 7. The van der Waals surface area contributed by atoms with Crippen LogP contribution in [0.4, 0.5) is 5.69 Å². The Morgan fingerprint density at radius 2 is 2.39 bits per heavy atom. The standard InChI is InChI=1S/C11H16BrN3O3/c1-8(6-12)3-2-4-13-11(16)10-5-9(7-14-10)15(17)18/h5,7-8,14H,2-4,6H2,1H3,(H,13,16). The van der Waals surface area contributed by atoms with Gasteiger partial charge in [-0.3, -0.25) is 14.9 Å². The predicted molar refractivity (Wildman–Crippen MR) is 72.0 cm³/mol. The summed E-state index contributed by atoms with van der Waals surface area (Å²) in [6.07, 6.45) is 3.12. The second-order valence-electron chi connectivity index (χ2n) is 4.19. The Morgan fingerprint density at radius 1 is 1.67 bits per heavy atom. The molecule has 1 atom stereocenters. The largest absolute Gasteiger partial charge is 0.351 e. The van der Waals surface area contributed by atoms with Gasteiger partial charge in [-0.2, -0.15) is 0 Å². The maximum Gasteiger partial charge on any atom is 0.287 e. The molecular weight excluding hydrogens is 302 g/mol. The first-order valence-corrected chi connectivity index (χ1v) is 6.83. The lowest BCUT2D eigenvalue weighted by Gasteiger charge is -2.07. The smallest absolute Gasteiger partial charge is 0.287 e. The SMILES string of the molecule is CC(CBr)CCCNC(=O)c1cc([N+](=O)[O-])c[nH]1. The van der Waals surface area contributed by atoms with Gasteiger partial charge in [0.05, 0.1) is 11.1 Å². The van der Waals surface area contributed by atoms with Gasteiger partial charge in [0.15, 0.2) is 0 Å². The van der Waals surface area contributed by atoms with Gasteiger partial charge in [0.2, 0.25) is 0 Å². The van der Waals surface area contributed by atoms with Crippen LogP contribution in [0.15, 0.2) is 12.3 Å². The summed E-state index contributed by atoms with van der Waals surface area (Å²) in [6, 6.07) is 1.23. The van der Waals surface area contributed by atoms with Crippen LogP contribution in [0.25, 0.3) is 0 Å². The molecule has 0 spiro atoms. The summed E-state index contributed by atoms with van der Waals surface area (Å²) in [7, 11) is 0. The Morgan fingerprint density at radius 3 is 2.94 bits per heavy atom. The zero-order valence-corrected chi connectivity index (χ0v) is 11.7. The molecule has 100 valence electrons. The van der Waals surface area contributed by atoms with Crippen LogP contribution in [-0.2, 0) is 0 Å². The normalized spacial score (nSPS) is 12.1. The van der Waals surface area contributed by atoms with Gasteiger partial charge >= 0.3 is 0 Å². The number of nitrogens with zero attached hydrogens (tertiary/aromatic N) is 1. The minimum absolute atomic E-state index is 0.104. The summed E-state index contributed by atoms with van der Waals surface area (Å²) in [6.45, 7) is 2.70. The average molecular weight is 318 g/mol. The lowest BCUT2D eigenvalue weighted by atomic mass is 10.1. The van der Waals surface area contributed by atoms with E-state index in [9.17, 15) is 14.9 Å². The fraction of sp³-hybridized carbons (Fsp3) is 0.545. The Hall–Kier alpha value is -1.37. The van der Waals surface area contributed by atoms with Crippen LogP contribution < -0.4 is 5.32 Å². The van der Waals surface area contributed by atoms with Crippen LogP contribution in [0.1, 0.15) is 30.3 Å². The van der Waals surface area contributed by atoms with Crippen molar-refractivity contribution in [3.05, 3.63) is 28.1 Å². The van der Waals surface area contributed by atoms with E-state index in [1.165, 1.54) is 12.3 Å². The number of nitrogens with one attached hydrogen (secondary N) is 2. The van der Waals surface area contributed by atoms with Crippen LogP contribution in [0, 0.1) is 16.0 Å². The zero-order valence-electron chi connectivity index (χ0n) is 10.1. The van der Waals surface area contributed by atoms with Gasteiger partial charge in [-0.05, 0) is 18.8 Å². The number of halogens is 1. The minimum Gasteiger partial charge on any atom is -0.351 e. The number of amides is 1. The molecule has 2 N–H and O–H groups in total. The van der Waals surface area contributed by atoms with Crippen LogP contribution in [0.5, 0.6) is 0 Å². The highest BCUT2D eigenvalue weighted by Crippen LogP contribution is 2.12. The fourth-order valence-electron chi connectivity index (χ4n) is 1.44. The van der Waals surface area contributed by atoms with Crippen molar-refractivity contribution in [3.8, 4) is 0 Å². The molecule has 0 aliphatic carbocycles. The van der Waals surface area contributed by atoms with Gasteiger partial charge in [-0.1, -0.05) is 22.9 Å². The molecule has 1 aromatic heterocycles. The molecule has 0 bridgehead atoms. The van der Waals surface area contributed by atoms with Crippen molar-refractivity contribution in [2.45, 2.75) is 19.8 Å². The molecule has 1 rings (SSSR count). The molecule has 0 saturated carbocycles. The number of alkyl halides is 1. The Bertz CT molecular complexity index is 419. The van der Waals surface area contributed by atoms with Crippen molar-refractivity contribution in [1.29, 1.82) is 0 Å². The summed E-state index contributed by atoms with van der Waals surface area (Å²) in [5.74, 6) is 0.267. The molecular formula is C11H16BrN3O3. The lowest BCUT2D eigenvalue weighted by Crippen LogP contribution is -2.25. The monoisotopic (exact) mass is 317 g/mol. The van der Waals surface area contributed by atoms with Gasteiger partial charge in [0, 0.05) is 17.9 Å². The molecule has 1 heterocycles. The summed E-state index contributed by atoms with van der Waals surface area (Å²) < 4.78 is 0. The highest BCUT2D eigenvalue weighted by Gasteiger charge is 2.13. The average Bonchev–Trinajstić information content (AvgIpc) is 2.83. The summed E-state index contributed by atoms with van der Waals surface area (Å²) in [4.78, 5) is 24.1. The molecule has 0 saturated heterocycles. The van der Waals surface area contributed by atoms with Crippen molar-refractivity contribution < 1.29 is 9.72 Å². The van der Waals surface area contributed by atoms with Crippen LogP contribution in [-0.4, -0.2) is 27.7 Å². The number of H-pyrrole nitrogens is 1. The van der Waals surface area contributed by atoms with E-state index in [1.54, 1.807) is 0 Å².